The zero-order valence-corrected chi connectivity index (χ0v) is 8.75. The molecule has 0 aromatic rings. The topological polar surface area (TPSA) is 139 Å². The molecule has 0 saturated heterocycles. The van der Waals surface area contributed by atoms with Gasteiger partial charge in [0.2, 0.25) is 0 Å². The van der Waals surface area contributed by atoms with Crippen molar-refractivity contribution in [2.75, 3.05) is 6.61 Å². The summed E-state index contributed by atoms with van der Waals surface area (Å²) in [5, 5.41) is 35.0. The van der Waals surface area contributed by atoms with Crippen LogP contribution in [0.3, 0.4) is 0 Å². The van der Waals surface area contributed by atoms with E-state index in [0.717, 1.165) is 0 Å². The van der Waals surface area contributed by atoms with Crippen LogP contribution < -0.4 is 10.9 Å². The highest BCUT2D eigenvalue weighted by Crippen LogP contribution is 1.94. The standard InChI is InChI=1S/C8H16N2O6/c1-4(12)6(8(15)16)10-9-5(2-3-11)7(13)14/h4-6,9-12H,2-3H2,1H3,(H,13,14)(H,15,16)/t4-,5+,6+/m1/s1. The van der Waals surface area contributed by atoms with Gasteiger partial charge in [0.25, 0.3) is 0 Å². The fraction of sp³-hybridized carbons (Fsp3) is 0.750. The first-order valence-corrected chi connectivity index (χ1v) is 4.65. The van der Waals surface area contributed by atoms with Gasteiger partial charge in [0.15, 0.2) is 0 Å². The van der Waals surface area contributed by atoms with Crippen molar-refractivity contribution in [3.63, 3.8) is 0 Å². The molecule has 0 aromatic carbocycles. The minimum Gasteiger partial charge on any atom is -0.480 e. The summed E-state index contributed by atoms with van der Waals surface area (Å²) in [5.74, 6) is -2.54. The van der Waals surface area contributed by atoms with E-state index in [1.165, 1.54) is 6.92 Å². The molecule has 0 amide bonds. The lowest BCUT2D eigenvalue weighted by Crippen LogP contribution is -2.56. The normalized spacial score (nSPS) is 16.4. The number of aliphatic hydroxyl groups excluding tert-OH is 2. The van der Waals surface area contributed by atoms with E-state index in [1.807, 2.05) is 0 Å². The van der Waals surface area contributed by atoms with Gasteiger partial charge in [-0.05, 0) is 13.3 Å². The zero-order chi connectivity index (χ0) is 12.7. The summed E-state index contributed by atoms with van der Waals surface area (Å²) < 4.78 is 0. The number of hydrazine groups is 1. The van der Waals surface area contributed by atoms with Crippen molar-refractivity contribution >= 4 is 11.9 Å². The van der Waals surface area contributed by atoms with Gasteiger partial charge in [0, 0.05) is 6.61 Å². The van der Waals surface area contributed by atoms with E-state index in [2.05, 4.69) is 10.9 Å². The lowest BCUT2D eigenvalue weighted by Gasteiger charge is -2.20. The Morgan fingerprint density at radius 2 is 1.75 bits per heavy atom. The summed E-state index contributed by atoms with van der Waals surface area (Å²) in [4.78, 5) is 21.2. The average molecular weight is 236 g/mol. The van der Waals surface area contributed by atoms with E-state index in [-0.39, 0.29) is 13.0 Å². The Morgan fingerprint density at radius 3 is 2.06 bits per heavy atom. The predicted molar refractivity (Wildman–Crippen MR) is 52.5 cm³/mol. The molecule has 0 heterocycles. The van der Waals surface area contributed by atoms with Crippen LogP contribution in [-0.4, -0.2) is 57.2 Å². The number of hydrogen-bond acceptors (Lipinski definition) is 6. The van der Waals surface area contributed by atoms with E-state index in [4.69, 9.17) is 20.4 Å². The first-order valence-electron chi connectivity index (χ1n) is 4.65. The molecule has 0 radical (unpaired) electrons. The predicted octanol–water partition coefficient (Wildman–Crippen LogP) is -2.25. The van der Waals surface area contributed by atoms with Crippen molar-refractivity contribution < 1.29 is 30.0 Å². The van der Waals surface area contributed by atoms with Crippen LogP contribution >= 0.6 is 0 Å². The highest BCUT2D eigenvalue weighted by molar-refractivity contribution is 5.75. The molecule has 0 unspecified atom stereocenters. The summed E-state index contributed by atoms with van der Waals surface area (Å²) >= 11 is 0. The number of carboxylic acids is 2. The van der Waals surface area contributed by atoms with E-state index >= 15 is 0 Å². The van der Waals surface area contributed by atoms with Crippen molar-refractivity contribution in [2.24, 2.45) is 0 Å². The molecule has 0 aromatic heterocycles. The quantitative estimate of drug-likeness (QED) is 0.260. The van der Waals surface area contributed by atoms with Gasteiger partial charge in [-0.25, -0.2) is 10.9 Å². The van der Waals surface area contributed by atoms with E-state index < -0.39 is 30.1 Å². The number of rotatable bonds is 8. The molecule has 0 bridgehead atoms. The van der Waals surface area contributed by atoms with Crippen molar-refractivity contribution in [1.29, 1.82) is 0 Å². The summed E-state index contributed by atoms with van der Waals surface area (Å²) in [6, 6.07) is -2.44. The van der Waals surface area contributed by atoms with Crippen LogP contribution in [0.2, 0.25) is 0 Å². The lowest BCUT2D eigenvalue weighted by atomic mass is 10.2. The fourth-order valence-corrected chi connectivity index (χ4v) is 0.966. The molecule has 0 aliphatic heterocycles. The molecule has 0 saturated carbocycles. The van der Waals surface area contributed by atoms with Crippen LogP contribution in [0.15, 0.2) is 0 Å². The Labute approximate surface area is 91.9 Å². The molecule has 8 nitrogen and oxygen atoms in total. The zero-order valence-electron chi connectivity index (χ0n) is 8.75. The number of carboxylic acid groups (broad SMARTS) is 2. The second-order valence-corrected chi connectivity index (χ2v) is 3.25. The van der Waals surface area contributed by atoms with Crippen LogP contribution in [0, 0.1) is 0 Å². The Kier molecular flexibility index (Phi) is 6.58. The van der Waals surface area contributed by atoms with Gasteiger partial charge in [-0.1, -0.05) is 0 Å². The Bertz CT molecular complexity index is 245. The second-order valence-electron chi connectivity index (χ2n) is 3.25. The SMILES string of the molecule is C[C@@H](O)[C@H](NN[C@@H](CCO)C(=O)O)C(=O)O. The number of hydrogen-bond donors (Lipinski definition) is 6. The molecule has 0 rings (SSSR count). The van der Waals surface area contributed by atoms with Crippen molar-refractivity contribution in [1.82, 2.24) is 10.9 Å². The molecule has 3 atom stereocenters. The van der Waals surface area contributed by atoms with Gasteiger partial charge >= 0.3 is 11.9 Å². The molecule has 0 fully saturated rings. The van der Waals surface area contributed by atoms with Crippen molar-refractivity contribution in [3.05, 3.63) is 0 Å². The highest BCUT2D eigenvalue weighted by atomic mass is 16.4. The third kappa shape index (κ3) is 5.03. The maximum Gasteiger partial charge on any atom is 0.324 e. The second kappa shape index (κ2) is 7.12. The van der Waals surface area contributed by atoms with Crippen LogP contribution in [0.1, 0.15) is 13.3 Å². The lowest BCUT2D eigenvalue weighted by molar-refractivity contribution is -0.145. The monoisotopic (exact) mass is 236 g/mol. The fourth-order valence-electron chi connectivity index (χ4n) is 0.966. The van der Waals surface area contributed by atoms with Crippen LogP contribution in [-0.2, 0) is 9.59 Å². The van der Waals surface area contributed by atoms with Crippen molar-refractivity contribution in [3.8, 4) is 0 Å². The maximum absolute atomic E-state index is 10.6. The molecule has 0 aliphatic rings. The van der Waals surface area contributed by atoms with Gasteiger partial charge in [-0.15, -0.1) is 0 Å². The summed E-state index contributed by atoms with van der Waals surface area (Å²) in [5.41, 5.74) is 4.43. The van der Waals surface area contributed by atoms with Gasteiger partial charge in [-0.2, -0.15) is 0 Å². The van der Waals surface area contributed by atoms with E-state index in [0.29, 0.717) is 0 Å². The largest absolute Gasteiger partial charge is 0.480 e. The Morgan fingerprint density at radius 1 is 1.19 bits per heavy atom. The summed E-state index contributed by atoms with van der Waals surface area (Å²) in [6.07, 6.45) is -1.26. The molecule has 94 valence electrons. The summed E-state index contributed by atoms with van der Waals surface area (Å²) in [6.45, 7) is 0.910. The molecule has 16 heavy (non-hydrogen) atoms. The van der Waals surface area contributed by atoms with Crippen molar-refractivity contribution in [2.45, 2.75) is 31.5 Å². The molecule has 0 aliphatic carbocycles. The van der Waals surface area contributed by atoms with Gasteiger partial charge in [0.05, 0.1) is 6.10 Å². The third-order valence-corrected chi connectivity index (χ3v) is 1.88. The molecule has 8 heteroatoms. The highest BCUT2D eigenvalue weighted by Gasteiger charge is 2.25. The molecule has 0 spiro atoms. The Hall–Kier alpha value is -1.22. The Balaban J connectivity index is 4.26. The van der Waals surface area contributed by atoms with Crippen LogP contribution in [0.25, 0.3) is 0 Å². The first-order chi connectivity index (χ1) is 7.40. The van der Waals surface area contributed by atoms with E-state index in [1.54, 1.807) is 0 Å². The number of nitrogens with one attached hydrogen (secondary N) is 2. The van der Waals surface area contributed by atoms with Crippen LogP contribution in [0.5, 0.6) is 0 Å². The molecule has 6 N–H and O–H groups in total. The first kappa shape index (κ1) is 14.8. The number of aliphatic carboxylic acids is 2. The average Bonchev–Trinajstić information content (AvgIpc) is 2.15. The number of carbonyl (C=O) groups is 2. The van der Waals surface area contributed by atoms with E-state index in [9.17, 15) is 9.59 Å². The minimum absolute atomic E-state index is 0.0749. The maximum atomic E-state index is 10.6. The third-order valence-electron chi connectivity index (χ3n) is 1.88. The van der Waals surface area contributed by atoms with Gasteiger partial charge in [0.1, 0.15) is 12.1 Å². The van der Waals surface area contributed by atoms with Crippen LogP contribution in [0.4, 0.5) is 0 Å². The van der Waals surface area contributed by atoms with Gasteiger partial charge in [-0.3, -0.25) is 9.59 Å². The molecular formula is C8H16N2O6. The minimum atomic E-state index is -1.32. The molecular weight excluding hydrogens is 220 g/mol. The smallest absolute Gasteiger partial charge is 0.324 e. The summed E-state index contributed by atoms with van der Waals surface area (Å²) in [7, 11) is 0. The number of aliphatic hydroxyl groups is 2. The van der Waals surface area contributed by atoms with Gasteiger partial charge < -0.3 is 20.4 Å².